The third kappa shape index (κ3) is 2.70. The lowest BCUT2D eigenvalue weighted by atomic mass is 10.2. The highest BCUT2D eigenvalue weighted by atomic mass is 35.5. The van der Waals surface area contributed by atoms with Crippen molar-refractivity contribution in [2.24, 2.45) is 0 Å². The summed E-state index contributed by atoms with van der Waals surface area (Å²) < 4.78 is 5.24. The normalized spacial score (nSPS) is 10.6. The second-order valence-electron chi connectivity index (χ2n) is 3.70. The van der Waals surface area contributed by atoms with E-state index in [1.807, 2.05) is 24.9 Å². The van der Waals surface area contributed by atoms with E-state index < -0.39 is 0 Å². The lowest BCUT2D eigenvalue weighted by Crippen LogP contribution is -2.17. The van der Waals surface area contributed by atoms with E-state index in [4.69, 9.17) is 27.6 Å². The Balaban J connectivity index is 2.23. The third-order valence-electron chi connectivity index (χ3n) is 2.49. The molecule has 0 unspecified atom stereocenters. The van der Waals surface area contributed by atoms with Crippen molar-refractivity contribution in [3.05, 3.63) is 40.0 Å². The van der Waals surface area contributed by atoms with Crippen molar-refractivity contribution in [3.63, 3.8) is 0 Å². The van der Waals surface area contributed by atoms with Crippen LogP contribution in [0.4, 0.5) is 5.69 Å². The van der Waals surface area contributed by atoms with Gasteiger partial charge in [-0.3, -0.25) is 0 Å². The van der Waals surface area contributed by atoms with Crippen LogP contribution in [0.2, 0.25) is 10.3 Å². The fourth-order valence-corrected chi connectivity index (χ4v) is 1.91. The molecular weight excluding hydrogens is 261 g/mol. The highest BCUT2D eigenvalue weighted by molar-refractivity contribution is 6.33. The largest absolute Gasteiger partial charge is 0.469 e. The van der Waals surface area contributed by atoms with Gasteiger partial charge in [0.1, 0.15) is 5.76 Å². The molecule has 90 valence electrons. The topological polar surface area (TPSA) is 42.2 Å². The van der Waals surface area contributed by atoms with Gasteiger partial charge in [-0.05, 0) is 13.0 Å². The van der Waals surface area contributed by atoms with E-state index in [2.05, 4.69) is 10.2 Å². The predicted octanol–water partition coefficient (Wildman–Crippen LogP) is 3.32. The van der Waals surface area contributed by atoms with Gasteiger partial charge >= 0.3 is 0 Å². The number of halogens is 2. The number of rotatable bonds is 3. The van der Waals surface area contributed by atoms with Crippen molar-refractivity contribution in [1.29, 1.82) is 0 Å². The maximum Gasteiger partial charge on any atom is 0.175 e. The first kappa shape index (κ1) is 12.2. The van der Waals surface area contributed by atoms with Crippen LogP contribution in [0.25, 0.3) is 0 Å². The van der Waals surface area contributed by atoms with Crippen molar-refractivity contribution in [2.45, 2.75) is 13.5 Å². The molecule has 0 aliphatic rings. The molecule has 0 aliphatic heterocycles. The predicted molar refractivity (Wildman–Crippen MR) is 67.6 cm³/mol. The Kier molecular flexibility index (Phi) is 3.54. The Bertz CT molecular complexity index is 527. The summed E-state index contributed by atoms with van der Waals surface area (Å²) in [7, 11) is 1.91. The molecular formula is C11H11Cl2N3O. The second kappa shape index (κ2) is 4.94. The van der Waals surface area contributed by atoms with Gasteiger partial charge in [-0.25, -0.2) is 0 Å². The van der Waals surface area contributed by atoms with Crippen LogP contribution in [0.3, 0.4) is 0 Å². The number of hydrogen-bond donors (Lipinski definition) is 0. The van der Waals surface area contributed by atoms with Crippen LogP contribution >= 0.6 is 23.2 Å². The van der Waals surface area contributed by atoms with Crippen LogP contribution in [-0.4, -0.2) is 17.2 Å². The van der Waals surface area contributed by atoms with E-state index in [1.165, 1.54) is 0 Å². The standard InChI is InChI=1S/C11H11Cl2N3O/c1-7-8(3-4-17-7)6-16(2)9-5-10(12)14-15-11(9)13/h3-5H,6H2,1-2H3. The molecule has 0 aliphatic carbocycles. The third-order valence-corrected chi connectivity index (χ3v) is 2.94. The average Bonchev–Trinajstić information content (AvgIpc) is 2.68. The maximum atomic E-state index is 5.97. The van der Waals surface area contributed by atoms with Gasteiger partial charge in [0.15, 0.2) is 10.3 Å². The van der Waals surface area contributed by atoms with Gasteiger partial charge in [-0.1, -0.05) is 23.2 Å². The minimum absolute atomic E-state index is 0.320. The zero-order chi connectivity index (χ0) is 12.4. The number of aromatic nitrogens is 2. The van der Waals surface area contributed by atoms with Crippen LogP contribution < -0.4 is 4.90 Å². The molecule has 6 heteroatoms. The van der Waals surface area contributed by atoms with Gasteiger partial charge in [0.2, 0.25) is 0 Å². The first-order valence-corrected chi connectivity index (χ1v) is 5.76. The molecule has 0 spiro atoms. The quantitative estimate of drug-likeness (QED) is 0.859. The van der Waals surface area contributed by atoms with Gasteiger partial charge < -0.3 is 9.32 Å². The summed E-state index contributed by atoms with van der Waals surface area (Å²) in [6.07, 6.45) is 1.66. The van der Waals surface area contributed by atoms with E-state index in [0.29, 0.717) is 16.9 Å². The molecule has 0 atom stereocenters. The molecule has 2 aromatic rings. The first-order valence-electron chi connectivity index (χ1n) is 5.00. The molecule has 0 radical (unpaired) electrons. The zero-order valence-corrected chi connectivity index (χ0v) is 11.0. The van der Waals surface area contributed by atoms with Crippen molar-refractivity contribution in [3.8, 4) is 0 Å². The molecule has 2 heterocycles. The van der Waals surface area contributed by atoms with E-state index in [1.54, 1.807) is 12.3 Å². The molecule has 2 aromatic heterocycles. The van der Waals surface area contributed by atoms with Crippen molar-refractivity contribution in [2.75, 3.05) is 11.9 Å². The lowest BCUT2D eigenvalue weighted by Gasteiger charge is -2.19. The molecule has 17 heavy (non-hydrogen) atoms. The Hall–Kier alpha value is -1.26. The number of anilines is 1. The summed E-state index contributed by atoms with van der Waals surface area (Å²) in [6.45, 7) is 2.59. The molecule has 2 rings (SSSR count). The minimum Gasteiger partial charge on any atom is -0.469 e. The second-order valence-corrected chi connectivity index (χ2v) is 4.45. The highest BCUT2D eigenvalue weighted by Crippen LogP contribution is 2.26. The molecule has 0 saturated carbocycles. The molecule has 0 amide bonds. The molecule has 4 nitrogen and oxygen atoms in total. The fourth-order valence-electron chi connectivity index (χ4n) is 1.53. The van der Waals surface area contributed by atoms with Gasteiger partial charge in [-0.2, -0.15) is 0 Å². The molecule has 0 bridgehead atoms. The Morgan fingerprint density at radius 2 is 2.12 bits per heavy atom. The van der Waals surface area contributed by atoms with Crippen molar-refractivity contribution in [1.82, 2.24) is 10.2 Å². The Morgan fingerprint density at radius 1 is 1.35 bits per heavy atom. The SMILES string of the molecule is Cc1occc1CN(C)c1cc(Cl)nnc1Cl. The van der Waals surface area contributed by atoms with Gasteiger partial charge in [0.05, 0.1) is 12.0 Å². The summed E-state index contributed by atoms with van der Waals surface area (Å²) in [5, 5.41) is 8.10. The van der Waals surface area contributed by atoms with E-state index >= 15 is 0 Å². The van der Waals surface area contributed by atoms with E-state index in [-0.39, 0.29) is 0 Å². The van der Waals surface area contributed by atoms with Crippen molar-refractivity contribution < 1.29 is 4.42 Å². The van der Waals surface area contributed by atoms with E-state index in [0.717, 1.165) is 17.0 Å². The highest BCUT2D eigenvalue weighted by Gasteiger charge is 2.11. The van der Waals surface area contributed by atoms with Crippen LogP contribution in [0.5, 0.6) is 0 Å². The van der Waals surface area contributed by atoms with Crippen LogP contribution in [0, 0.1) is 6.92 Å². The summed E-state index contributed by atoms with van der Waals surface area (Å²) >= 11 is 11.8. The number of nitrogens with zero attached hydrogens (tertiary/aromatic N) is 3. The molecule has 0 fully saturated rings. The fraction of sp³-hybridized carbons (Fsp3) is 0.273. The van der Waals surface area contributed by atoms with Gasteiger partial charge in [0.25, 0.3) is 0 Å². The maximum absolute atomic E-state index is 5.97. The lowest BCUT2D eigenvalue weighted by molar-refractivity contribution is 0.529. The van der Waals surface area contributed by atoms with Crippen molar-refractivity contribution >= 4 is 28.9 Å². The number of aryl methyl sites for hydroxylation is 1. The molecule has 0 aromatic carbocycles. The van der Waals surface area contributed by atoms with Crippen LogP contribution in [0.1, 0.15) is 11.3 Å². The summed E-state index contributed by atoms with van der Waals surface area (Å²) in [5.74, 6) is 0.890. The summed E-state index contributed by atoms with van der Waals surface area (Å²) in [6, 6.07) is 3.61. The monoisotopic (exact) mass is 271 g/mol. The Morgan fingerprint density at radius 3 is 2.76 bits per heavy atom. The summed E-state index contributed by atoms with van der Waals surface area (Å²) in [4.78, 5) is 1.95. The van der Waals surface area contributed by atoms with Crippen LogP contribution in [-0.2, 0) is 6.54 Å². The zero-order valence-electron chi connectivity index (χ0n) is 9.44. The number of furan rings is 1. The van der Waals surface area contributed by atoms with Crippen LogP contribution in [0.15, 0.2) is 22.8 Å². The summed E-state index contributed by atoms with van der Waals surface area (Å²) in [5.41, 5.74) is 1.84. The molecule has 0 N–H and O–H groups in total. The van der Waals surface area contributed by atoms with Gasteiger partial charge in [-0.15, -0.1) is 10.2 Å². The average molecular weight is 272 g/mol. The van der Waals surface area contributed by atoms with E-state index in [9.17, 15) is 0 Å². The molecule has 0 saturated heterocycles. The smallest absolute Gasteiger partial charge is 0.175 e. The first-order chi connectivity index (χ1) is 8.08. The minimum atomic E-state index is 0.320. The number of hydrogen-bond acceptors (Lipinski definition) is 4. The Labute approximate surface area is 109 Å². The van der Waals surface area contributed by atoms with Gasteiger partial charge in [0, 0.05) is 25.2 Å².